The Morgan fingerprint density at radius 1 is 1.60 bits per heavy atom. The number of hydrogen-bond donors (Lipinski definition) is 3. The minimum Gasteiger partial charge on any atom is -0.394 e. The largest absolute Gasteiger partial charge is 0.394 e. The molecule has 62 valence electrons. The molecule has 0 saturated carbocycles. The fourth-order valence-corrected chi connectivity index (χ4v) is 1.07. The number of aliphatic hydroxyl groups is 1. The van der Waals surface area contributed by atoms with Crippen LogP contribution in [0.25, 0.3) is 0 Å². The minimum absolute atomic E-state index is 0.0572. The number of rotatable bonds is 5. The van der Waals surface area contributed by atoms with Gasteiger partial charge in [0.05, 0.1) is 12.1 Å². The first kappa shape index (κ1) is 9.88. The molecule has 3 heteroatoms. The Kier molecular flexibility index (Phi) is 4.60. The number of likely N-dealkylation sites (N-methyl/N-ethyl adjacent to an activating group) is 1. The molecule has 0 aliphatic rings. The normalized spacial score (nSPS) is 16.8. The molecule has 0 radical (unpaired) electrons. The van der Waals surface area contributed by atoms with Gasteiger partial charge in [-0.05, 0) is 13.5 Å². The first-order valence-corrected chi connectivity index (χ1v) is 3.73. The third-order valence-corrected chi connectivity index (χ3v) is 1.59. The number of aliphatic hydroxyl groups excluding tert-OH is 1. The second-order valence-corrected chi connectivity index (χ2v) is 2.80. The van der Waals surface area contributed by atoms with Gasteiger partial charge in [0.15, 0.2) is 0 Å². The Labute approximate surface area is 62.6 Å². The van der Waals surface area contributed by atoms with E-state index in [0.717, 1.165) is 12.8 Å². The quantitative estimate of drug-likeness (QED) is 0.499. The molecule has 0 rings (SSSR count). The van der Waals surface area contributed by atoms with Gasteiger partial charge >= 0.3 is 0 Å². The molecule has 4 N–H and O–H groups in total. The van der Waals surface area contributed by atoms with Crippen molar-refractivity contribution in [1.82, 2.24) is 5.32 Å². The van der Waals surface area contributed by atoms with Crippen molar-refractivity contribution < 1.29 is 5.11 Å². The van der Waals surface area contributed by atoms with Crippen LogP contribution in [0.1, 0.15) is 19.8 Å². The average Bonchev–Trinajstić information content (AvgIpc) is 1.89. The summed E-state index contributed by atoms with van der Waals surface area (Å²) in [6.45, 7) is 2.80. The van der Waals surface area contributed by atoms with E-state index in [9.17, 15) is 0 Å². The van der Waals surface area contributed by atoms with Gasteiger partial charge in [0, 0.05) is 6.54 Å². The second-order valence-electron chi connectivity index (χ2n) is 2.80. The Balaban J connectivity index is 3.69. The lowest BCUT2D eigenvalue weighted by molar-refractivity contribution is 0.184. The molecule has 1 unspecified atom stereocenters. The smallest absolute Gasteiger partial charge is 0.0623 e. The van der Waals surface area contributed by atoms with Crippen LogP contribution in [0.5, 0.6) is 0 Å². The Bertz CT molecular complexity index is 79.7. The van der Waals surface area contributed by atoms with Gasteiger partial charge in [0.1, 0.15) is 0 Å². The lowest BCUT2D eigenvalue weighted by Gasteiger charge is -2.26. The summed E-state index contributed by atoms with van der Waals surface area (Å²) in [5, 5.41) is 11.8. The van der Waals surface area contributed by atoms with Crippen molar-refractivity contribution in [2.75, 3.05) is 20.2 Å². The molecule has 0 amide bonds. The summed E-state index contributed by atoms with van der Waals surface area (Å²) in [6.07, 6.45) is 1.88. The molecule has 0 aliphatic heterocycles. The van der Waals surface area contributed by atoms with E-state index in [1.165, 1.54) is 0 Å². The van der Waals surface area contributed by atoms with Gasteiger partial charge in [0.25, 0.3) is 0 Å². The Morgan fingerprint density at radius 3 is 2.50 bits per heavy atom. The fourth-order valence-electron chi connectivity index (χ4n) is 1.07. The first-order valence-electron chi connectivity index (χ1n) is 3.73. The maximum absolute atomic E-state index is 8.88. The molecular formula is C7H18N2O. The molecule has 0 saturated heterocycles. The van der Waals surface area contributed by atoms with Crippen LogP contribution in [-0.2, 0) is 0 Å². The van der Waals surface area contributed by atoms with Gasteiger partial charge in [-0.15, -0.1) is 0 Å². The van der Waals surface area contributed by atoms with E-state index in [1.54, 1.807) is 0 Å². The lowest BCUT2D eigenvalue weighted by Crippen LogP contribution is -2.51. The number of nitrogens with one attached hydrogen (secondary N) is 1. The van der Waals surface area contributed by atoms with Gasteiger partial charge in [-0.3, -0.25) is 0 Å². The monoisotopic (exact) mass is 146 g/mol. The van der Waals surface area contributed by atoms with Gasteiger partial charge in [0.2, 0.25) is 0 Å². The molecule has 0 aromatic carbocycles. The maximum Gasteiger partial charge on any atom is 0.0623 e. The standard InChI is InChI=1S/C7H18N2O/c1-3-4-7(8,6-10)5-9-2/h9-10H,3-6,8H2,1-2H3. The van der Waals surface area contributed by atoms with Crippen LogP contribution >= 0.6 is 0 Å². The SMILES string of the molecule is CCCC(N)(CO)CNC. The molecule has 0 fully saturated rings. The van der Waals surface area contributed by atoms with Crippen molar-refractivity contribution in [3.63, 3.8) is 0 Å². The zero-order valence-corrected chi connectivity index (χ0v) is 6.85. The molecule has 0 bridgehead atoms. The molecule has 0 aromatic heterocycles. The van der Waals surface area contributed by atoms with Crippen LogP contribution in [0.2, 0.25) is 0 Å². The van der Waals surface area contributed by atoms with Gasteiger partial charge in [-0.2, -0.15) is 0 Å². The van der Waals surface area contributed by atoms with Crippen molar-refractivity contribution in [2.24, 2.45) is 5.73 Å². The fraction of sp³-hybridized carbons (Fsp3) is 1.00. The zero-order valence-electron chi connectivity index (χ0n) is 6.85. The van der Waals surface area contributed by atoms with E-state index >= 15 is 0 Å². The van der Waals surface area contributed by atoms with Crippen molar-refractivity contribution in [3.05, 3.63) is 0 Å². The van der Waals surface area contributed by atoms with Gasteiger partial charge in [-0.25, -0.2) is 0 Å². The highest BCUT2D eigenvalue weighted by Crippen LogP contribution is 2.06. The van der Waals surface area contributed by atoms with Crippen LogP contribution in [0.3, 0.4) is 0 Å². The summed E-state index contributed by atoms with van der Waals surface area (Å²) in [4.78, 5) is 0. The first-order chi connectivity index (χ1) is 4.68. The zero-order chi connectivity index (χ0) is 8.04. The summed E-state index contributed by atoms with van der Waals surface area (Å²) in [7, 11) is 1.84. The predicted molar refractivity (Wildman–Crippen MR) is 42.8 cm³/mol. The van der Waals surface area contributed by atoms with Crippen LogP contribution in [-0.4, -0.2) is 30.8 Å². The van der Waals surface area contributed by atoms with Gasteiger partial charge in [-0.1, -0.05) is 13.3 Å². The number of hydrogen-bond acceptors (Lipinski definition) is 3. The third kappa shape index (κ3) is 3.15. The molecule has 0 aliphatic carbocycles. The van der Waals surface area contributed by atoms with E-state index in [1.807, 2.05) is 7.05 Å². The van der Waals surface area contributed by atoms with Crippen molar-refractivity contribution in [3.8, 4) is 0 Å². The summed E-state index contributed by atoms with van der Waals surface area (Å²) < 4.78 is 0. The molecule has 1 atom stereocenters. The van der Waals surface area contributed by atoms with Crippen molar-refractivity contribution >= 4 is 0 Å². The topological polar surface area (TPSA) is 58.3 Å². The van der Waals surface area contributed by atoms with Crippen molar-refractivity contribution in [2.45, 2.75) is 25.3 Å². The molecule has 0 heterocycles. The van der Waals surface area contributed by atoms with E-state index in [0.29, 0.717) is 6.54 Å². The Hall–Kier alpha value is -0.120. The number of nitrogens with two attached hydrogens (primary N) is 1. The van der Waals surface area contributed by atoms with E-state index in [4.69, 9.17) is 10.8 Å². The maximum atomic E-state index is 8.88. The van der Waals surface area contributed by atoms with Crippen LogP contribution in [0, 0.1) is 0 Å². The van der Waals surface area contributed by atoms with Crippen LogP contribution in [0.15, 0.2) is 0 Å². The summed E-state index contributed by atoms with van der Waals surface area (Å²) >= 11 is 0. The highest BCUT2D eigenvalue weighted by atomic mass is 16.3. The van der Waals surface area contributed by atoms with E-state index in [2.05, 4.69) is 12.2 Å². The highest BCUT2D eigenvalue weighted by molar-refractivity contribution is 4.84. The third-order valence-electron chi connectivity index (χ3n) is 1.59. The molecule has 10 heavy (non-hydrogen) atoms. The second kappa shape index (κ2) is 4.66. The summed E-state index contributed by atoms with van der Waals surface area (Å²) in [5.41, 5.74) is 5.39. The summed E-state index contributed by atoms with van der Waals surface area (Å²) in [6, 6.07) is 0. The van der Waals surface area contributed by atoms with E-state index in [-0.39, 0.29) is 6.61 Å². The van der Waals surface area contributed by atoms with Crippen LogP contribution < -0.4 is 11.1 Å². The minimum atomic E-state index is -0.413. The summed E-state index contributed by atoms with van der Waals surface area (Å²) in [5.74, 6) is 0. The highest BCUT2D eigenvalue weighted by Gasteiger charge is 2.20. The Morgan fingerprint density at radius 2 is 2.20 bits per heavy atom. The molecule has 0 spiro atoms. The molecule has 3 nitrogen and oxygen atoms in total. The lowest BCUT2D eigenvalue weighted by atomic mass is 9.96. The van der Waals surface area contributed by atoms with Crippen molar-refractivity contribution in [1.29, 1.82) is 0 Å². The molecular weight excluding hydrogens is 128 g/mol. The average molecular weight is 146 g/mol. The van der Waals surface area contributed by atoms with Gasteiger partial charge < -0.3 is 16.2 Å². The molecule has 0 aromatic rings. The van der Waals surface area contributed by atoms with E-state index < -0.39 is 5.54 Å². The predicted octanol–water partition coefficient (Wildman–Crippen LogP) is -0.304. The van der Waals surface area contributed by atoms with Crippen LogP contribution in [0.4, 0.5) is 0 Å².